The number of hydrogen-bond acceptors (Lipinski definition) is 2. The second kappa shape index (κ2) is 3.42. The van der Waals surface area contributed by atoms with Crippen LogP contribution >= 0.6 is 0 Å². The quantitative estimate of drug-likeness (QED) is 0.804. The molecule has 3 heteroatoms. The number of nitrogens with zero attached hydrogens (tertiary/aromatic N) is 2. The lowest BCUT2D eigenvalue weighted by Crippen LogP contribution is -2.37. The van der Waals surface area contributed by atoms with E-state index in [1.165, 1.54) is 12.0 Å². The molecule has 0 saturated carbocycles. The van der Waals surface area contributed by atoms with Gasteiger partial charge in [0.05, 0.1) is 5.69 Å². The normalized spacial score (nSPS) is 15.1. The van der Waals surface area contributed by atoms with E-state index in [0.717, 1.165) is 24.6 Å². The van der Waals surface area contributed by atoms with Gasteiger partial charge in [0.1, 0.15) is 0 Å². The molecule has 1 saturated heterocycles. The highest BCUT2D eigenvalue weighted by atomic mass is 15.3. The zero-order chi connectivity index (χ0) is 10.1. The van der Waals surface area contributed by atoms with E-state index in [9.17, 15) is 0 Å². The van der Waals surface area contributed by atoms with Crippen LogP contribution in [0.2, 0.25) is 0 Å². The van der Waals surface area contributed by atoms with Crippen LogP contribution in [0.5, 0.6) is 0 Å². The van der Waals surface area contributed by atoms with E-state index in [-0.39, 0.29) is 0 Å². The predicted octanol–water partition coefficient (Wildman–Crippen LogP) is 2.29. The van der Waals surface area contributed by atoms with Crippen molar-refractivity contribution in [2.75, 3.05) is 18.0 Å². The monoisotopic (exact) mass is 199 g/mol. The van der Waals surface area contributed by atoms with E-state index in [1.54, 1.807) is 0 Å². The number of rotatable bonds is 2. The van der Waals surface area contributed by atoms with Gasteiger partial charge >= 0.3 is 0 Å². The average molecular weight is 199 g/mol. The highest BCUT2D eigenvalue weighted by Gasteiger charge is 2.17. The lowest BCUT2D eigenvalue weighted by molar-refractivity contribution is 0.609. The summed E-state index contributed by atoms with van der Waals surface area (Å²) in [6, 6.07) is 12.4. The second-order valence-corrected chi connectivity index (χ2v) is 3.85. The highest BCUT2D eigenvalue weighted by molar-refractivity contribution is 5.63. The molecule has 0 unspecified atom stereocenters. The van der Waals surface area contributed by atoms with Gasteiger partial charge in [0, 0.05) is 19.2 Å². The van der Waals surface area contributed by atoms with Crippen molar-refractivity contribution in [1.29, 1.82) is 0 Å². The molecule has 0 atom stereocenters. The Hall–Kier alpha value is -1.77. The molecule has 2 heterocycles. The number of H-pyrrole nitrogens is 1. The Kier molecular flexibility index (Phi) is 1.95. The Morgan fingerprint density at radius 3 is 2.60 bits per heavy atom. The minimum absolute atomic E-state index is 1.07. The smallest absolute Gasteiger partial charge is 0.150 e. The highest BCUT2D eigenvalue weighted by Crippen LogP contribution is 2.23. The first-order chi connectivity index (χ1) is 7.43. The molecule has 0 spiro atoms. The molecular formula is C12H13N3. The topological polar surface area (TPSA) is 31.9 Å². The van der Waals surface area contributed by atoms with Crippen LogP contribution in [-0.4, -0.2) is 23.3 Å². The molecule has 1 aromatic heterocycles. The van der Waals surface area contributed by atoms with Gasteiger partial charge in [0.15, 0.2) is 5.82 Å². The molecular weight excluding hydrogens is 186 g/mol. The summed E-state index contributed by atoms with van der Waals surface area (Å²) in [5.41, 5.74) is 2.29. The standard InChI is InChI=1S/C12H13N3/c1-2-5-10(6-3-1)11-9-12(14-13-11)15-7-4-8-15/h1-3,5-6,9H,4,7-8H2,(H,13,14). The minimum Gasteiger partial charge on any atom is -0.355 e. The van der Waals surface area contributed by atoms with Gasteiger partial charge in [-0.15, -0.1) is 0 Å². The van der Waals surface area contributed by atoms with E-state index in [1.807, 2.05) is 18.2 Å². The number of aromatic nitrogens is 2. The van der Waals surface area contributed by atoms with E-state index in [0.29, 0.717) is 0 Å². The number of aromatic amines is 1. The number of benzene rings is 1. The van der Waals surface area contributed by atoms with E-state index in [2.05, 4.69) is 33.3 Å². The molecule has 1 fully saturated rings. The van der Waals surface area contributed by atoms with Crippen LogP contribution < -0.4 is 4.90 Å². The van der Waals surface area contributed by atoms with Crippen molar-refractivity contribution in [2.45, 2.75) is 6.42 Å². The molecule has 0 amide bonds. The lowest BCUT2D eigenvalue weighted by atomic mass is 10.1. The first-order valence-electron chi connectivity index (χ1n) is 5.29. The van der Waals surface area contributed by atoms with Crippen molar-refractivity contribution >= 4 is 5.82 Å². The SMILES string of the molecule is c1ccc(-c2cc(N3CCC3)n[nH]2)cc1. The molecule has 15 heavy (non-hydrogen) atoms. The van der Waals surface area contributed by atoms with Gasteiger partial charge in [-0.2, -0.15) is 5.10 Å². The molecule has 3 rings (SSSR count). The van der Waals surface area contributed by atoms with Gasteiger partial charge in [-0.25, -0.2) is 0 Å². The largest absolute Gasteiger partial charge is 0.355 e. The maximum Gasteiger partial charge on any atom is 0.150 e. The first kappa shape index (κ1) is 8.53. The first-order valence-corrected chi connectivity index (χ1v) is 5.29. The zero-order valence-corrected chi connectivity index (χ0v) is 8.48. The summed E-state index contributed by atoms with van der Waals surface area (Å²) in [5.74, 6) is 1.07. The molecule has 0 radical (unpaired) electrons. The van der Waals surface area contributed by atoms with Crippen molar-refractivity contribution in [3.05, 3.63) is 36.4 Å². The number of anilines is 1. The summed E-state index contributed by atoms with van der Waals surface area (Å²) in [7, 11) is 0. The molecule has 0 bridgehead atoms. The van der Waals surface area contributed by atoms with Gasteiger partial charge in [-0.1, -0.05) is 30.3 Å². The molecule has 2 aromatic rings. The summed E-state index contributed by atoms with van der Waals surface area (Å²) in [6.45, 7) is 2.28. The van der Waals surface area contributed by atoms with Crippen LogP contribution in [-0.2, 0) is 0 Å². The molecule has 1 aliphatic heterocycles. The fourth-order valence-corrected chi connectivity index (χ4v) is 1.78. The maximum atomic E-state index is 4.32. The molecule has 1 aliphatic rings. The van der Waals surface area contributed by atoms with Crippen LogP contribution in [0.4, 0.5) is 5.82 Å². The summed E-state index contributed by atoms with van der Waals surface area (Å²) < 4.78 is 0. The third-order valence-corrected chi connectivity index (χ3v) is 2.83. The van der Waals surface area contributed by atoms with Crippen molar-refractivity contribution < 1.29 is 0 Å². The van der Waals surface area contributed by atoms with Gasteiger partial charge in [-0.3, -0.25) is 5.10 Å². The Bertz CT molecular complexity index is 443. The number of nitrogens with one attached hydrogen (secondary N) is 1. The van der Waals surface area contributed by atoms with Crippen molar-refractivity contribution in [3.8, 4) is 11.3 Å². The third-order valence-electron chi connectivity index (χ3n) is 2.83. The summed E-state index contributed by atoms with van der Waals surface area (Å²) in [4.78, 5) is 2.28. The van der Waals surface area contributed by atoms with Crippen LogP contribution in [0.3, 0.4) is 0 Å². The van der Waals surface area contributed by atoms with Crippen LogP contribution in [0.1, 0.15) is 6.42 Å². The lowest BCUT2D eigenvalue weighted by Gasteiger charge is -2.30. The van der Waals surface area contributed by atoms with Gasteiger partial charge in [0.25, 0.3) is 0 Å². The number of hydrogen-bond donors (Lipinski definition) is 1. The van der Waals surface area contributed by atoms with Crippen molar-refractivity contribution in [2.24, 2.45) is 0 Å². The van der Waals surface area contributed by atoms with Gasteiger partial charge < -0.3 is 4.90 Å². The van der Waals surface area contributed by atoms with Gasteiger partial charge in [-0.05, 0) is 12.0 Å². The molecule has 3 nitrogen and oxygen atoms in total. The van der Waals surface area contributed by atoms with Crippen LogP contribution in [0.25, 0.3) is 11.3 Å². The Labute approximate surface area is 88.7 Å². The zero-order valence-electron chi connectivity index (χ0n) is 8.48. The Morgan fingerprint density at radius 2 is 1.93 bits per heavy atom. The molecule has 76 valence electrons. The predicted molar refractivity (Wildman–Crippen MR) is 60.9 cm³/mol. The average Bonchev–Trinajstić information content (AvgIpc) is 2.66. The Morgan fingerprint density at radius 1 is 1.13 bits per heavy atom. The van der Waals surface area contributed by atoms with Crippen LogP contribution in [0.15, 0.2) is 36.4 Å². The van der Waals surface area contributed by atoms with Gasteiger partial charge in [0.2, 0.25) is 0 Å². The van der Waals surface area contributed by atoms with E-state index in [4.69, 9.17) is 0 Å². The minimum atomic E-state index is 1.07. The van der Waals surface area contributed by atoms with Crippen molar-refractivity contribution in [3.63, 3.8) is 0 Å². The fraction of sp³-hybridized carbons (Fsp3) is 0.250. The van der Waals surface area contributed by atoms with Crippen molar-refractivity contribution in [1.82, 2.24) is 10.2 Å². The molecule has 0 aliphatic carbocycles. The Balaban J connectivity index is 1.90. The third kappa shape index (κ3) is 1.50. The fourth-order valence-electron chi connectivity index (χ4n) is 1.78. The maximum absolute atomic E-state index is 4.32. The van der Waals surface area contributed by atoms with E-state index >= 15 is 0 Å². The second-order valence-electron chi connectivity index (χ2n) is 3.85. The summed E-state index contributed by atoms with van der Waals surface area (Å²) >= 11 is 0. The molecule has 1 N–H and O–H groups in total. The van der Waals surface area contributed by atoms with E-state index < -0.39 is 0 Å². The summed E-state index contributed by atoms with van der Waals surface area (Å²) in [6.07, 6.45) is 1.29. The molecule has 1 aromatic carbocycles. The van der Waals surface area contributed by atoms with Crippen LogP contribution in [0, 0.1) is 0 Å². The summed E-state index contributed by atoms with van der Waals surface area (Å²) in [5, 5.41) is 7.39.